The predicted molar refractivity (Wildman–Crippen MR) is 76.1 cm³/mol. The van der Waals surface area contributed by atoms with Gasteiger partial charge < -0.3 is 9.30 Å². The minimum absolute atomic E-state index is 0.290. The van der Waals surface area contributed by atoms with Crippen LogP contribution in [0.25, 0.3) is 22.4 Å². The lowest BCUT2D eigenvalue weighted by atomic mass is 10.1. The molecule has 3 rings (SSSR count). The molecule has 0 amide bonds. The van der Waals surface area contributed by atoms with Gasteiger partial charge in [-0.3, -0.25) is 0 Å². The summed E-state index contributed by atoms with van der Waals surface area (Å²) in [5.74, 6) is -0.290. The standard InChI is InChI=1S/C13H8BrF3N4O/c1-21-6-18-10-9(19-12(14)20-11(10)21)7-2-4-8(5-3-7)22-13(15,16)17/h2-6H,1H3. The van der Waals surface area contributed by atoms with E-state index >= 15 is 0 Å². The van der Waals surface area contributed by atoms with Crippen molar-refractivity contribution < 1.29 is 17.9 Å². The maximum Gasteiger partial charge on any atom is 0.573 e. The fraction of sp³-hybridized carbons (Fsp3) is 0.154. The quantitative estimate of drug-likeness (QED) is 0.643. The van der Waals surface area contributed by atoms with Crippen molar-refractivity contribution in [2.24, 2.45) is 7.05 Å². The van der Waals surface area contributed by atoms with E-state index < -0.39 is 6.36 Å². The summed E-state index contributed by atoms with van der Waals surface area (Å²) in [4.78, 5) is 12.7. The minimum atomic E-state index is -4.71. The summed E-state index contributed by atoms with van der Waals surface area (Å²) in [6.45, 7) is 0. The number of nitrogens with zero attached hydrogens (tertiary/aromatic N) is 4. The Kier molecular flexibility index (Phi) is 3.51. The topological polar surface area (TPSA) is 52.8 Å². The van der Waals surface area contributed by atoms with E-state index in [4.69, 9.17) is 0 Å². The molecule has 0 saturated carbocycles. The molecule has 9 heteroatoms. The van der Waals surface area contributed by atoms with Crippen molar-refractivity contribution in [1.29, 1.82) is 0 Å². The van der Waals surface area contributed by atoms with Crippen LogP contribution in [0.4, 0.5) is 13.2 Å². The van der Waals surface area contributed by atoms with Gasteiger partial charge in [-0.05, 0) is 40.2 Å². The Balaban J connectivity index is 2.04. The van der Waals surface area contributed by atoms with Crippen LogP contribution in [-0.4, -0.2) is 25.9 Å². The van der Waals surface area contributed by atoms with Crippen LogP contribution < -0.4 is 4.74 Å². The van der Waals surface area contributed by atoms with Gasteiger partial charge in [-0.15, -0.1) is 13.2 Å². The summed E-state index contributed by atoms with van der Waals surface area (Å²) in [5.41, 5.74) is 2.32. The van der Waals surface area contributed by atoms with Crippen LogP contribution in [0.5, 0.6) is 5.75 Å². The average Bonchev–Trinajstić information content (AvgIpc) is 2.79. The molecular formula is C13H8BrF3N4O. The van der Waals surface area contributed by atoms with Crippen molar-refractivity contribution in [1.82, 2.24) is 19.5 Å². The number of alkyl halides is 3. The number of benzene rings is 1. The third-order valence-electron chi connectivity index (χ3n) is 2.89. The summed E-state index contributed by atoms with van der Waals surface area (Å²) in [6, 6.07) is 5.44. The van der Waals surface area contributed by atoms with E-state index in [1.54, 1.807) is 17.9 Å². The Bertz CT molecular complexity index is 830. The SMILES string of the molecule is Cn1cnc2c(-c3ccc(OC(F)(F)F)cc3)nc(Br)nc21. The molecule has 5 nitrogen and oxygen atoms in total. The van der Waals surface area contributed by atoms with Gasteiger partial charge in [-0.2, -0.15) is 0 Å². The Morgan fingerprint density at radius 3 is 2.45 bits per heavy atom. The molecule has 2 aromatic heterocycles. The molecule has 0 spiro atoms. The van der Waals surface area contributed by atoms with E-state index in [-0.39, 0.29) is 5.75 Å². The first-order valence-corrected chi connectivity index (χ1v) is 6.83. The third kappa shape index (κ3) is 2.89. The highest BCUT2D eigenvalue weighted by Crippen LogP contribution is 2.29. The lowest BCUT2D eigenvalue weighted by Gasteiger charge is -2.09. The highest BCUT2D eigenvalue weighted by molar-refractivity contribution is 9.10. The summed E-state index contributed by atoms with van der Waals surface area (Å²) in [7, 11) is 1.79. The number of ether oxygens (including phenoxy) is 1. The number of aromatic nitrogens is 4. The second-order valence-electron chi connectivity index (χ2n) is 4.44. The van der Waals surface area contributed by atoms with Gasteiger partial charge in [0.1, 0.15) is 17.0 Å². The molecule has 0 N–H and O–H groups in total. The van der Waals surface area contributed by atoms with Crippen molar-refractivity contribution in [3.63, 3.8) is 0 Å². The van der Waals surface area contributed by atoms with Crippen LogP contribution in [0.15, 0.2) is 35.3 Å². The van der Waals surface area contributed by atoms with E-state index in [0.717, 1.165) is 0 Å². The predicted octanol–water partition coefficient (Wildman–Crippen LogP) is 3.69. The smallest absolute Gasteiger partial charge is 0.406 e. The van der Waals surface area contributed by atoms with E-state index in [9.17, 15) is 13.2 Å². The van der Waals surface area contributed by atoms with Crippen LogP contribution in [0.2, 0.25) is 0 Å². The summed E-state index contributed by atoms with van der Waals surface area (Å²) in [5, 5.41) is 0. The number of fused-ring (bicyclic) bond motifs is 1. The highest BCUT2D eigenvalue weighted by Gasteiger charge is 2.31. The number of hydrogen-bond donors (Lipinski definition) is 0. The summed E-state index contributed by atoms with van der Waals surface area (Å²) in [6.07, 6.45) is -3.12. The normalized spacial score (nSPS) is 11.9. The summed E-state index contributed by atoms with van der Waals surface area (Å²) >= 11 is 3.22. The molecule has 0 bridgehead atoms. The zero-order valence-corrected chi connectivity index (χ0v) is 12.7. The van der Waals surface area contributed by atoms with Gasteiger partial charge >= 0.3 is 6.36 Å². The maximum atomic E-state index is 12.2. The lowest BCUT2D eigenvalue weighted by Crippen LogP contribution is -2.16. The van der Waals surface area contributed by atoms with Crippen LogP contribution >= 0.6 is 15.9 Å². The zero-order chi connectivity index (χ0) is 15.9. The average molecular weight is 373 g/mol. The van der Waals surface area contributed by atoms with Crippen molar-refractivity contribution in [2.75, 3.05) is 0 Å². The molecule has 0 aliphatic carbocycles. The second-order valence-corrected chi connectivity index (χ2v) is 5.15. The van der Waals surface area contributed by atoms with Crippen LogP contribution in [0, 0.1) is 0 Å². The second kappa shape index (κ2) is 5.24. The minimum Gasteiger partial charge on any atom is -0.406 e. The number of hydrogen-bond acceptors (Lipinski definition) is 4. The molecule has 0 unspecified atom stereocenters. The summed E-state index contributed by atoms with van der Waals surface area (Å²) < 4.78 is 42.4. The monoisotopic (exact) mass is 372 g/mol. The largest absolute Gasteiger partial charge is 0.573 e. The van der Waals surface area contributed by atoms with Crippen molar-refractivity contribution in [3.05, 3.63) is 35.3 Å². The molecule has 22 heavy (non-hydrogen) atoms. The van der Waals surface area contributed by atoms with Crippen molar-refractivity contribution >= 4 is 27.1 Å². The fourth-order valence-electron chi connectivity index (χ4n) is 2.00. The molecule has 0 fully saturated rings. The first-order chi connectivity index (χ1) is 10.3. The molecule has 0 aliphatic heterocycles. The number of aryl methyl sites for hydroxylation is 1. The van der Waals surface area contributed by atoms with E-state index in [1.165, 1.54) is 24.3 Å². The Morgan fingerprint density at radius 1 is 1.14 bits per heavy atom. The lowest BCUT2D eigenvalue weighted by molar-refractivity contribution is -0.274. The molecule has 0 atom stereocenters. The van der Waals surface area contributed by atoms with Gasteiger partial charge in [0.25, 0.3) is 0 Å². The van der Waals surface area contributed by atoms with Crippen molar-refractivity contribution in [3.8, 4) is 17.0 Å². The van der Waals surface area contributed by atoms with E-state index in [0.29, 0.717) is 27.2 Å². The maximum absolute atomic E-state index is 12.2. The van der Waals surface area contributed by atoms with Crippen molar-refractivity contribution in [2.45, 2.75) is 6.36 Å². The van der Waals surface area contributed by atoms with Gasteiger partial charge in [0.2, 0.25) is 0 Å². The molecule has 0 saturated heterocycles. The van der Waals surface area contributed by atoms with Crippen LogP contribution in [0.3, 0.4) is 0 Å². The molecule has 3 aromatic rings. The van der Waals surface area contributed by atoms with Gasteiger partial charge in [-0.1, -0.05) is 0 Å². The molecular weight excluding hydrogens is 365 g/mol. The molecule has 0 aliphatic rings. The Labute approximate surface area is 130 Å². The van der Waals surface area contributed by atoms with E-state index in [1.807, 2.05) is 0 Å². The molecule has 0 radical (unpaired) electrons. The highest BCUT2D eigenvalue weighted by atomic mass is 79.9. The van der Waals surface area contributed by atoms with Gasteiger partial charge in [0.15, 0.2) is 10.4 Å². The molecule has 2 heterocycles. The van der Waals surface area contributed by atoms with Gasteiger partial charge in [-0.25, -0.2) is 15.0 Å². The van der Waals surface area contributed by atoms with E-state index in [2.05, 4.69) is 35.6 Å². The number of rotatable bonds is 2. The molecule has 1 aromatic carbocycles. The fourth-order valence-corrected chi connectivity index (χ4v) is 2.34. The Morgan fingerprint density at radius 2 is 1.82 bits per heavy atom. The Hall–Kier alpha value is -2.16. The first kappa shape index (κ1) is 14.8. The number of imidazole rings is 1. The number of halogens is 4. The third-order valence-corrected chi connectivity index (χ3v) is 3.25. The first-order valence-electron chi connectivity index (χ1n) is 6.04. The zero-order valence-electron chi connectivity index (χ0n) is 11.1. The molecule has 114 valence electrons. The van der Waals surface area contributed by atoms with Crippen LogP contribution in [-0.2, 0) is 7.05 Å². The van der Waals surface area contributed by atoms with Gasteiger partial charge in [0, 0.05) is 12.6 Å². The van der Waals surface area contributed by atoms with Crippen LogP contribution in [0.1, 0.15) is 0 Å². The van der Waals surface area contributed by atoms with Gasteiger partial charge in [0.05, 0.1) is 6.33 Å².